The van der Waals surface area contributed by atoms with Gasteiger partial charge >= 0.3 is 0 Å². The highest BCUT2D eigenvalue weighted by Gasteiger charge is 2.27. The van der Waals surface area contributed by atoms with Crippen molar-refractivity contribution in [1.29, 1.82) is 0 Å². The molecule has 3 rings (SSSR count). The fraction of sp³-hybridized carbons (Fsp3) is 0.526. The molecular formula is C19H27FN4. The smallest absolute Gasteiger partial charge is 0.123 e. The van der Waals surface area contributed by atoms with Gasteiger partial charge in [0, 0.05) is 37.9 Å². The van der Waals surface area contributed by atoms with Gasteiger partial charge in [0.05, 0.1) is 18.1 Å². The van der Waals surface area contributed by atoms with E-state index in [0.717, 1.165) is 25.2 Å². The molecule has 1 aliphatic heterocycles. The van der Waals surface area contributed by atoms with E-state index in [9.17, 15) is 4.39 Å². The summed E-state index contributed by atoms with van der Waals surface area (Å²) in [6, 6.07) is 8.00. The minimum absolute atomic E-state index is 0.144. The average Bonchev–Trinajstić information content (AvgIpc) is 3.00. The standard InChI is InChI=1S/C19H27FN4/c1-14-10-23(11-15(2)22(14)4)12-19-9-21-13-24(19)16(3)17-5-7-18(20)8-6-17/h5-9,13-16H,10-12H2,1-4H3. The zero-order valence-electron chi connectivity index (χ0n) is 15.0. The van der Waals surface area contributed by atoms with Crippen molar-refractivity contribution in [2.45, 2.75) is 45.4 Å². The van der Waals surface area contributed by atoms with E-state index in [1.807, 2.05) is 24.7 Å². The number of nitrogens with zero attached hydrogens (tertiary/aromatic N) is 4. The molecule has 1 aromatic heterocycles. The fourth-order valence-corrected chi connectivity index (χ4v) is 3.58. The van der Waals surface area contributed by atoms with E-state index < -0.39 is 0 Å². The maximum absolute atomic E-state index is 13.2. The SMILES string of the molecule is CC1CN(Cc2cncn2C(C)c2ccc(F)cc2)CC(C)N1C. The third kappa shape index (κ3) is 3.52. The third-order valence-corrected chi connectivity index (χ3v) is 5.34. The summed E-state index contributed by atoms with van der Waals surface area (Å²) in [5, 5.41) is 0. The predicted octanol–water partition coefficient (Wildman–Crippen LogP) is 3.16. The van der Waals surface area contributed by atoms with Crippen LogP contribution in [0.25, 0.3) is 0 Å². The first kappa shape index (κ1) is 17.1. The van der Waals surface area contributed by atoms with Crippen LogP contribution >= 0.6 is 0 Å². The lowest BCUT2D eigenvalue weighted by atomic mass is 10.1. The zero-order chi connectivity index (χ0) is 17.3. The molecule has 24 heavy (non-hydrogen) atoms. The summed E-state index contributed by atoms with van der Waals surface area (Å²) < 4.78 is 15.4. The number of halogens is 1. The van der Waals surface area contributed by atoms with Crippen LogP contribution in [-0.2, 0) is 6.54 Å². The van der Waals surface area contributed by atoms with E-state index in [1.165, 1.54) is 17.8 Å². The Morgan fingerprint density at radius 2 is 1.79 bits per heavy atom. The number of imidazole rings is 1. The molecule has 1 aliphatic rings. The van der Waals surface area contributed by atoms with E-state index in [4.69, 9.17) is 0 Å². The Bertz CT molecular complexity index is 654. The Hall–Kier alpha value is -1.72. The van der Waals surface area contributed by atoms with Gasteiger partial charge in [0.1, 0.15) is 5.82 Å². The van der Waals surface area contributed by atoms with Gasteiger partial charge in [-0.15, -0.1) is 0 Å². The molecule has 5 heteroatoms. The highest BCUT2D eigenvalue weighted by molar-refractivity contribution is 5.21. The molecule has 1 saturated heterocycles. The molecule has 3 unspecified atom stereocenters. The normalized spacial score (nSPS) is 24.2. The van der Waals surface area contributed by atoms with Crippen molar-refractivity contribution in [3.8, 4) is 0 Å². The maximum atomic E-state index is 13.2. The molecule has 0 bridgehead atoms. The van der Waals surface area contributed by atoms with Crippen molar-refractivity contribution in [2.75, 3.05) is 20.1 Å². The Balaban J connectivity index is 1.74. The van der Waals surface area contributed by atoms with E-state index in [0.29, 0.717) is 12.1 Å². The van der Waals surface area contributed by atoms with Gasteiger partial charge in [-0.05, 0) is 45.5 Å². The van der Waals surface area contributed by atoms with Crippen LogP contribution in [0.2, 0.25) is 0 Å². The molecule has 2 heterocycles. The van der Waals surface area contributed by atoms with Crippen LogP contribution in [0, 0.1) is 5.82 Å². The van der Waals surface area contributed by atoms with Gasteiger partial charge in [-0.25, -0.2) is 9.37 Å². The van der Waals surface area contributed by atoms with Crippen molar-refractivity contribution in [3.63, 3.8) is 0 Å². The number of hydrogen-bond acceptors (Lipinski definition) is 3. The van der Waals surface area contributed by atoms with Gasteiger partial charge in [0.15, 0.2) is 0 Å². The average molecular weight is 330 g/mol. The molecule has 3 atom stereocenters. The van der Waals surface area contributed by atoms with Crippen LogP contribution in [0.1, 0.15) is 38.1 Å². The molecule has 1 aromatic carbocycles. The molecule has 0 saturated carbocycles. The number of likely N-dealkylation sites (N-methyl/N-ethyl adjacent to an activating group) is 1. The monoisotopic (exact) mass is 330 g/mol. The second-order valence-electron chi connectivity index (χ2n) is 7.08. The third-order valence-electron chi connectivity index (χ3n) is 5.34. The van der Waals surface area contributed by atoms with Gasteiger partial charge in [-0.2, -0.15) is 0 Å². The lowest BCUT2D eigenvalue weighted by Gasteiger charge is -2.42. The summed E-state index contributed by atoms with van der Waals surface area (Å²) in [6.45, 7) is 9.72. The van der Waals surface area contributed by atoms with Crippen molar-refractivity contribution in [2.24, 2.45) is 0 Å². The van der Waals surface area contributed by atoms with Gasteiger partial charge < -0.3 is 4.57 Å². The van der Waals surface area contributed by atoms with Crippen LogP contribution in [0.15, 0.2) is 36.8 Å². The number of hydrogen-bond donors (Lipinski definition) is 0. The van der Waals surface area contributed by atoms with E-state index in [1.54, 1.807) is 0 Å². The van der Waals surface area contributed by atoms with Gasteiger partial charge in [0.25, 0.3) is 0 Å². The summed E-state index contributed by atoms with van der Waals surface area (Å²) in [6.07, 6.45) is 3.83. The Kier molecular flexibility index (Phi) is 5.01. The highest BCUT2D eigenvalue weighted by atomic mass is 19.1. The van der Waals surface area contributed by atoms with Gasteiger partial charge in [-0.1, -0.05) is 12.1 Å². The molecule has 0 aliphatic carbocycles. The van der Waals surface area contributed by atoms with Crippen LogP contribution in [-0.4, -0.2) is 51.6 Å². The molecule has 0 N–H and O–H groups in total. The summed E-state index contributed by atoms with van der Waals surface area (Å²) in [5.74, 6) is -0.197. The first-order chi connectivity index (χ1) is 11.5. The molecule has 1 fully saturated rings. The lowest BCUT2D eigenvalue weighted by molar-refractivity contribution is 0.0542. The van der Waals surface area contributed by atoms with Crippen LogP contribution in [0.4, 0.5) is 4.39 Å². The first-order valence-corrected chi connectivity index (χ1v) is 8.66. The molecule has 0 amide bonds. The number of rotatable bonds is 4. The van der Waals surface area contributed by atoms with Crippen molar-refractivity contribution < 1.29 is 4.39 Å². The first-order valence-electron chi connectivity index (χ1n) is 8.66. The molecule has 0 spiro atoms. The van der Waals surface area contributed by atoms with Gasteiger partial charge in [-0.3, -0.25) is 9.80 Å². The summed E-state index contributed by atoms with van der Waals surface area (Å²) in [7, 11) is 2.20. The zero-order valence-corrected chi connectivity index (χ0v) is 15.0. The largest absolute Gasteiger partial charge is 0.326 e. The lowest BCUT2D eigenvalue weighted by Crippen LogP contribution is -2.54. The number of aromatic nitrogens is 2. The quantitative estimate of drug-likeness (QED) is 0.861. The van der Waals surface area contributed by atoms with Crippen molar-refractivity contribution in [1.82, 2.24) is 19.4 Å². The molecule has 130 valence electrons. The minimum Gasteiger partial charge on any atom is -0.326 e. The second kappa shape index (κ2) is 7.03. The Labute approximate surface area is 143 Å². The Morgan fingerprint density at radius 1 is 1.17 bits per heavy atom. The topological polar surface area (TPSA) is 24.3 Å². The minimum atomic E-state index is -0.197. The molecular weight excluding hydrogens is 303 g/mol. The molecule has 0 radical (unpaired) electrons. The number of piperazine rings is 1. The van der Waals surface area contributed by atoms with Gasteiger partial charge in [0.2, 0.25) is 0 Å². The second-order valence-corrected chi connectivity index (χ2v) is 7.08. The predicted molar refractivity (Wildman–Crippen MR) is 94.4 cm³/mol. The Morgan fingerprint density at radius 3 is 2.42 bits per heavy atom. The summed E-state index contributed by atoms with van der Waals surface area (Å²) in [5.41, 5.74) is 2.30. The highest BCUT2D eigenvalue weighted by Crippen LogP contribution is 2.22. The van der Waals surface area contributed by atoms with E-state index in [-0.39, 0.29) is 11.9 Å². The van der Waals surface area contributed by atoms with Crippen molar-refractivity contribution >= 4 is 0 Å². The van der Waals surface area contributed by atoms with Crippen molar-refractivity contribution in [3.05, 3.63) is 53.9 Å². The molecule has 2 aromatic rings. The van der Waals surface area contributed by atoms with Crippen LogP contribution in [0.5, 0.6) is 0 Å². The maximum Gasteiger partial charge on any atom is 0.123 e. The van der Waals surface area contributed by atoms with Crippen LogP contribution < -0.4 is 0 Å². The summed E-state index contributed by atoms with van der Waals surface area (Å²) in [4.78, 5) is 9.30. The summed E-state index contributed by atoms with van der Waals surface area (Å²) >= 11 is 0. The molecule has 4 nitrogen and oxygen atoms in total. The number of benzene rings is 1. The fourth-order valence-electron chi connectivity index (χ4n) is 3.58. The van der Waals surface area contributed by atoms with Crippen LogP contribution in [0.3, 0.4) is 0 Å². The van der Waals surface area contributed by atoms with E-state index >= 15 is 0 Å². The van der Waals surface area contributed by atoms with E-state index in [2.05, 4.69) is 47.2 Å².